The summed E-state index contributed by atoms with van der Waals surface area (Å²) >= 11 is 6.11. The molecule has 1 aromatic rings. The summed E-state index contributed by atoms with van der Waals surface area (Å²) in [6, 6.07) is 3.23. The molecule has 19 heavy (non-hydrogen) atoms. The van der Waals surface area contributed by atoms with E-state index in [9.17, 15) is 9.90 Å². The molecule has 1 aromatic carbocycles. The minimum atomic E-state index is -1.79. The number of esters is 1. The Bertz CT molecular complexity index is 507. The second kappa shape index (κ2) is 5.40. The van der Waals surface area contributed by atoms with E-state index in [-0.39, 0.29) is 18.1 Å². The maximum absolute atomic E-state index is 11.5. The third-order valence-electron chi connectivity index (χ3n) is 2.79. The van der Waals surface area contributed by atoms with Crippen molar-refractivity contribution in [2.75, 3.05) is 13.7 Å². The molecule has 1 aliphatic heterocycles. The molecule has 1 aliphatic rings. The Kier molecular flexibility index (Phi) is 4.03. The lowest BCUT2D eigenvalue weighted by Gasteiger charge is -2.24. The van der Waals surface area contributed by atoms with Gasteiger partial charge in [0, 0.05) is 5.56 Å². The van der Waals surface area contributed by atoms with Gasteiger partial charge in [-0.1, -0.05) is 11.6 Å². The van der Waals surface area contributed by atoms with Gasteiger partial charge in [-0.3, -0.25) is 4.79 Å². The molecule has 5 nitrogen and oxygen atoms in total. The van der Waals surface area contributed by atoms with Gasteiger partial charge in [0.05, 0.1) is 18.7 Å². The molecule has 0 saturated carbocycles. The van der Waals surface area contributed by atoms with Crippen LogP contribution in [-0.2, 0) is 20.0 Å². The number of rotatable bonds is 4. The summed E-state index contributed by atoms with van der Waals surface area (Å²) in [5.41, 5.74) is 0.930. The molecule has 0 spiro atoms. The van der Waals surface area contributed by atoms with Crippen molar-refractivity contribution in [3.8, 4) is 5.75 Å². The SMILES string of the molecule is CCOC(=O)CC1(O)O[B]c2cc(OC)cc(Cl)c21. The van der Waals surface area contributed by atoms with Crippen LogP contribution in [0.15, 0.2) is 12.1 Å². The van der Waals surface area contributed by atoms with Crippen LogP contribution in [0.25, 0.3) is 0 Å². The van der Waals surface area contributed by atoms with Gasteiger partial charge < -0.3 is 19.2 Å². The highest BCUT2D eigenvalue weighted by molar-refractivity contribution is 6.50. The van der Waals surface area contributed by atoms with Crippen molar-refractivity contribution in [2.45, 2.75) is 19.1 Å². The summed E-state index contributed by atoms with van der Waals surface area (Å²) in [7, 11) is 2.86. The fraction of sp³-hybridized carbons (Fsp3) is 0.417. The van der Waals surface area contributed by atoms with Gasteiger partial charge in [-0.15, -0.1) is 0 Å². The Hall–Kier alpha value is -1.24. The second-order valence-corrected chi connectivity index (χ2v) is 4.48. The minimum absolute atomic E-state index is 0.238. The van der Waals surface area contributed by atoms with Gasteiger partial charge >= 0.3 is 13.5 Å². The quantitative estimate of drug-likeness (QED) is 0.651. The van der Waals surface area contributed by atoms with Crippen molar-refractivity contribution in [1.82, 2.24) is 0 Å². The van der Waals surface area contributed by atoms with Crippen molar-refractivity contribution >= 4 is 30.5 Å². The first-order valence-corrected chi connectivity index (χ1v) is 6.15. The molecular formula is C12H13BClO5. The van der Waals surface area contributed by atoms with E-state index in [2.05, 4.69) is 0 Å². The Labute approximate surface area is 116 Å². The molecule has 1 N–H and O–H groups in total. The lowest BCUT2D eigenvalue weighted by molar-refractivity contribution is -0.174. The summed E-state index contributed by atoms with van der Waals surface area (Å²) in [4.78, 5) is 11.5. The van der Waals surface area contributed by atoms with Crippen LogP contribution < -0.4 is 10.2 Å². The van der Waals surface area contributed by atoms with Crippen molar-refractivity contribution in [3.05, 3.63) is 22.7 Å². The zero-order chi connectivity index (χ0) is 14.0. The molecule has 1 heterocycles. The molecule has 2 rings (SSSR count). The lowest BCUT2D eigenvalue weighted by Crippen LogP contribution is -2.30. The van der Waals surface area contributed by atoms with Gasteiger partial charge in [0.1, 0.15) is 12.2 Å². The maximum atomic E-state index is 11.5. The van der Waals surface area contributed by atoms with Gasteiger partial charge in [-0.25, -0.2) is 0 Å². The van der Waals surface area contributed by atoms with E-state index in [4.69, 9.17) is 25.7 Å². The zero-order valence-corrected chi connectivity index (χ0v) is 11.4. The molecule has 0 amide bonds. The molecule has 0 aliphatic carbocycles. The molecule has 1 unspecified atom stereocenters. The molecule has 0 saturated heterocycles. The highest BCUT2D eigenvalue weighted by Gasteiger charge is 2.43. The summed E-state index contributed by atoms with van der Waals surface area (Å²) in [5, 5.41) is 10.7. The van der Waals surface area contributed by atoms with Crippen LogP contribution in [0.3, 0.4) is 0 Å². The number of benzene rings is 1. The van der Waals surface area contributed by atoms with Crippen molar-refractivity contribution in [2.24, 2.45) is 0 Å². The molecular weight excluding hydrogens is 270 g/mol. The number of halogens is 1. The van der Waals surface area contributed by atoms with Gasteiger partial charge in [0.2, 0.25) is 0 Å². The van der Waals surface area contributed by atoms with Crippen LogP contribution in [0.1, 0.15) is 18.9 Å². The molecule has 0 aromatic heterocycles. The number of carbonyl (C=O) groups is 1. The number of fused-ring (bicyclic) bond motifs is 1. The fourth-order valence-corrected chi connectivity index (χ4v) is 2.35. The van der Waals surface area contributed by atoms with Crippen LogP contribution in [0.4, 0.5) is 0 Å². The van der Waals surface area contributed by atoms with Gasteiger partial charge in [0.15, 0.2) is 5.79 Å². The first-order chi connectivity index (χ1) is 9.00. The largest absolute Gasteiger partial charge is 0.497 e. The maximum Gasteiger partial charge on any atom is 0.335 e. The number of ether oxygens (including phenoxy) is 2. The van der Waals surface area contributed by atoms with Crippen molar-refractivity contribution < 1.29 is 24.0 Å². The fourth-order valence-electron chi connectivity index (χ4n) is 1.98. The Balaban J connectivity index is 2.32. The second-order valence-electron chi connectivity index (χ2n) is 4.08. The molecule has 0 bridgehead atoms. The Morgan fingerprint density at radius 1 is 1.58 bits per heavy atom. The smallest absolute Gasteiger partial charge is 0.335 e. The minimum Gasteiger partial charge on any atom is -0.497 e. The third kappa shape index (κ3) is 2.70. The Morgan fingerprint density at radius 3 is 2.95 bits per heavy atom. The van der Waals surface area contributed by atoms with E-state index < -0.39 is 11.8 Å². The first kappa shape index (κ1) is 14.2. The average molecular weight is 283 g/mol. The van der Waals surface area contributed by atoms with Gasteiger partial charge in [-0.2, -0.15) is 0 Å². The number of methoxy groups -OCH3 is 1. The van der Waals surface area contributed by atoms with E-state index in [1.807, 2.05) is 0 Å². The number of hydrogen-bond donors (Lipinski definition) is 1. The molecule has 1 atom stereocenters. The van der Waals surface area contributed by atoms with Crippen LogP contribution in [0, 0.1) is 0 Å². The predicted molar refractivity (Wildman–Crippen MR) is 69.6 cm³/mol. The lowest BCUT2D eigenvalue weighted by atomic mass is 9.85. The third-order valence-corrected chi connectivity index (χ3v) is 3.09. The van der Waals surface area contributed by atoms with E-state index in [1.54, 1.807) is 19.1 Å². The van der Waals surface area contributed by atoms with Crippen molar-refractivity contribution in [3.63, 3.8) is 0 Å². The molecule has 101 valence electrons. The molecule has 1 radical (unpaired) electrons. The van der Waals surface area contributed by atoms with Crippen LogP contribution in [0.5, 0.6) is 5.75 Å². The van der Waals surface area contributed by atoms with Crippen molar-refractivity contribution in [1.29, 1.82) is 0 Å². The highest BCUT2D eigenvalue weighted by atomic mass is 35.5. The van der Waals surface area contributed by atoms with Gasteiger partial charge in [-0.05, 0) is 24.5 Å². The van der Waals surface area contributed by atoms with Crippen LogP contribution >= 0.6 is 11.6 Å². The number of carbonyl (C=O) groups excluding carboxylic acids is 1. The number of aliphatic hydroxyl groups is 1. The summed E-state index contributed by atoms with van der Waals surface area (Å²) in [6.07, 6.45) is -0.323. The number of hydrogen-bond acceptors (Lipinski definition) is 5. The highest BCUT2D eigenvalue weighted by Crippen LogP contribution is 2.36. The Morgan fingerprint density at radius 2 is 2.32 bits per heavy atom. The monoisotopic (exact) mass is 283 g/mol. The van der Waals surface area contributed by atoms with Gasteiger partial charge in [0.25, 0.3) is 0 Å². The summed E-state index contributed by atoms with van der Waals surface area (Å²) in [5.74, 6) is -1.80. The van der Waals surface area contributed by atoms with E-state index in [0.29, 0.717) is 16.8 Å². The zero-order valence-electron chi connectivity index (χ0n) is 10.6. The summed E-state index contributed by atoms with van der Waals surface area (Å²) in [6.45, 7) is 1.93. The predicted octanol–water partition coefficient (Wildman–Crippen LogP) is 0.722. The molecule has 7 heteroatoms. The van der Waals surface area contributed by atoms with E-state index in [1.165, 1.54) is 14.6 Å². The normalized spacial score (nSPS) is 20.6. The topological polar surface area (TPSA) is 65.0 Å². The van der Waals surface area contributed by atoms with Crippen LogP contribution in [-0.4, -0.2) is 32.3 Å². The summed E-state index contributed by atoms with van der Waals surface area (Å²) < 4.78 is 15.1. The standard InChI is InChI=1S/C12H13BClO5/c1-3-18-10(15)6-12(16)11-8(13-19-12)4-7(17-2)5-9(11)14/h4-5,16H,3,6H2,1-2H3. The van der Waals surface area contributed by atoms with E-state index >= 15 is 0 Å². The average Bonchev–Trinajstić information content (AvgIpc) is 2.67. The first-order valence-electron chi connectivity index (χ1n) is 5.77. The van der Waals surface area contributed by atoms with E-state index in [0.717, 1.165) is 0 Å². The van der Waals surface area contributed by atoms with Crippen LogP contribution in [0.2, 0.25) is 5.02 Å². The molecule has 0 fully saturated rings.